The number of aryl methyl sites for hydroxylation is 5. The van der Waals surface area contributed by atoms with Crippen LogP contribution in [-0.2, 0) is 48.6 Å². The van der Waals surface area contributed by atoms with Crippen molar-refractivity contribution < 1.29 is 52.6 Å². The quantitative estimate of drug-likeness (QED) is 0.0400. The molecule has 0 bridgehead atoms. The smallest absolute Gasteiger partial charge is 0.335 e. The number of carboxylic acid groups (broad SMARTS) is 2. The summed E-state index contributed by atoms with van der Waals surface area (Å²) in [5.41, 5.74) is 12.9. The van der Waals surface area contributed by atoms with Crippen LogP contribution in [0.15, 0.2) is 114 Å². The maximum absolute atomic E-state index is 12.3. The molecule has 3 aromatic carbocycles. The van der Waals surface area contributed by atoms with Gasteiger partial charge in [0.2, 0.25) is 11.8 Å². The first-order valence-corrected chi connectivity index (χ1v) is 26.2. The van der Waals surface area contributed by atoms with Crippen LogP contribution in [0.4, 0.5) is 0 Å². The molecule has 2 amide bonds. The van der Waals surface area contributed by atoms with E-state index in [1.54, 1.807) is 50.1 Å². The predicted molar refractivity (Wildman–Crippen MR) is 290 cm³/mol. The largest absolute Gasteiger partial charge is 0.479 e. The molecule has 0 aliphatic heterocycles. The maximum Gasteiger partial charge on any atom is 0.335 e. The molecule has 402 valence electrons. The van der Waals surface area contributed by atoms with Gasteiger partial charge in [-0.05, 0) is 75.4 Å². The molecule has 0 radical (unpaired) electrons. The molecule has 7 aromatic rings. The summed E-state index contributed by atoms with van der Waals surface area (Å²) in [5, 5.41) is 32.5. The normalized spacial score (nSPS) is 11.8. The lowest BCUT2D eigenvalue weighted by Gasteiger charge is -2.11. The highest BCUT2D eigenvalue weighted by molar-refractivity contribution is 7.85. The SMILES string of the molecule is CCCCCCCCCc1ccccc1S(=O)(=O)O.Cc1ccc(-c2nc3ccc(C)cn3c2CC(=O)N(C)C)cc1.Cc1ccc(-c2nc3ccc(C)cn3c2CC(=O)N(C)C)cc1.O=C(O)C(O)C(O)C(=O)O. The van der Waals surface area contributed by atoms with Crippen molar-refractivity contribution >= 4 is 45.2 Å². The Kier molecular flexibility index (Phi) is 22.9. The van der Waals surface area contributed by atoms with E-state index in [2.05, 4.69) is 69.3 Å². The summed E-state index contributed by atoms with van der Waals surface area (Å²) >= 11 is 0. The highest BCUT2D eigenvalue weighted by atomic mass is 32.2. The maximum atomic E-state index is 12.3. The molecule has 0 aliphatic rings. The summed E-state index contributed by atoms with van der Waals surface area (Å²) in [6.07, 6.45) is 9.31. The molecule has 0 fully saturated rings. The number of unbranched alkanes of at least 4 members (excludes halogenated alkanes) is 6. The number of nitrogens with zero attached hydrogens (tertiary/aromatic N) is 6. The van der Waals surface area contributed by atoms with Crippen molar-refractivity contribution in [2.75, 3.05) is 28.2 Å². The zero-order chi connectivity index (χ0) is 55.6. The standard InChI is InChI=1S/2C19H21N3O.C15H24O3S.C4H6O6/c2*1-13-5-8-15(9-6-13)19-16(11-18(23)21(3)4)22-12-14(2)7-10-17(22)20-19;1-2-3-4-5-6-7-8-11-14-12-9-10-13-15(14)19(16,17)18;5-1(3(7)8)2(6)4(9)10/h2*5-10,12H,11H2,1-4H3;9-10,12-13H,2-8,11H2,1H3,(H,16,17,18);1-2,5-6H,(H,7,8)(H,9,10). The Morgan fingerprint density at radius 3 is 1.29 bits per heavy atom. The molecular weight excluding hydrogens is 977 g/mol. The summed E-state index contributed by atoms with van der Waals surface area (Å²) in [7, 11) is 3.03. The van der Waals surface area contributed by atoms with Gasteiger partial charge in [0.25, 0.3) is 10.1 Å². The van der Waals surface area contributed by atoms with Gasteiger partial charge in [0.1, 0.15) is 11.3 Å². The molecule has 0 spiro atoms. The second-order valence-corrected chi connectivity index (χ2v) is 20.3. The molecule has 4 aromatic heterocycles. The average Bonchev–Trinajstić information content (AvgIpc) is 3.90. The number of aliphatic carboxylic acids is 2. The van der Waals surface area contributed by atoms with Gasteiger partial charge in [0.05, 0.1) is 40.5 Å². The van der Waals surface area contributed by atoms with Crippen LogP contribution in [0.25, 0.3) is 33.8 Å². The van der Waals surface area contributed by atoms with Crippen molar-refractivity contribution in [3.63, 3.8) is 0 Å². The second-order valence-electron chi connectivity index (χ2n) is 18.9. The molecule has 2 atom stereocenters. The number of aliphatic hydroxyl groups is 2. The zero-order valence-electron chi connectivity index (χ0n) is 44.4. The topological polar surface area (TPSA) is 245 Å². The molecular formula is C57H72N6O11S. The van der Waals surface area contributed by atoms with Crippen LogP contribution in [0.1, 0.15) is 91.1 Å². The number of carbonyl (C=O) groups excluding carboxylic acids is 2. The van der Waals surface area contributed by atoms with Crippen molar-refractivity contribution in [1.29, 1.82) is 0 Å². The van der Waals surface area contributed by atoms with E-state index >= 15 is 0 Å². The Labute approximate surface area is 439 Å². The molecule has 0 saturated heterocycles. The number of benzene rings is 3. The Hall–Kier alpha value is -7.25. The minimum absolute atomic E-state index is 0.0565. The summed E-state index contributed by atoms with van der Waals surface area (Å²) in [6.45, 7) is 10.4. The number of hydrogen-bond acceptors (Lipinski definition) is 10. The lowest BCUT2D eigenvalue weighted by atomic mass is 10.0. The van der Waals surface area contributed by atoms with E-state index in [0.29, 0.717) is 19.3 Å². The zero-order valence-corrected chi connectivity index (χ0v) is 45.2. The van der Waals surface area contributed by atoms with Gasteiger partial charge in [-0.15, -0.1) is 0 Å². The van der Waals surface area contributed by atoms with Crippen molar-refractivity contribution in [1.82, 2.24) is 28.6 Å². The number of hydrogen-bond donors (Lipinski definition) is 5. The summed E-state index contributed by atoms with van der Waals surface area (Å²) < 4.78 is 35.6. The van der Waals surface area contributed by atoms with Crippen molar-refractivity contribution in [2.24, 2.45) is 0 Å². The second kappa shape index (κ2) is 28.4. The number of pyridine rings is 2. The van der Waals surface area contributed by atoms with Crippen LogP contribution in [0, 0.1) is 27.7 Å². The predicted octanol–water partition coefficient (Wildman–Crippen LogP) is 8.60. The highest BCUT2D eigenvalue weighted by Crippen LogP contribution is 2.28. The summed E-state index contributed by atoms with van der Waals surface area (Å²) in [6, 6.07) is 31.3. The summed E-state index contributed by atoms with van der Waals surface area (Å²) in [5.74, 6) is -3.40. The third-order valence-electron chi connectivity index (χ3n) is 12.1. The van der Waals surface area contributed by atoms with Gasteiger partial charge in [-0.25, -0.2) is 19.6 Å². The van der Waals surface area contributed by atoms with Crippen LogP contribution < -0.4 is 0 Å². The van der Waals surface area contributed by atoms with Crippen LogP contribution in [-0.4, -0.2) is 126 Å². The number of aromatic nitrogens is 4. The van der Waals surface area contributed by atoms with Gasteiger partial charge >= 0.3 is 11.9 Å². The monoisotopic (exact) mass is 1050 g/mol. The first kappa shape index (κ1) is 60.3. The number of likely N-dealkylation sites (N-methyl/N-ethyl adjacent to an activating group) is 2. The van der Waals surface area contributed by atoms with Crippen LogP contribution in [0.3, 0.4) is 0 Å². The van der Waals surface area contributed by atoms with E-state index in [-0.39, 0.29) is 16.7 Å². The highest BCUT2D eigenvalue weighted by Gasteiger charge is 2.29. The van der Waals surface area contributed by atoms with Crippen LogP contribution >= 0.6 is 0 Å². The molecule has 75 heavy (non-hydrogen) atoms. The van der Waals surface area contributed by atoms with Crippen LogP contribution in [0.5, 0.6) is 0 Å². The number of rotatable bonds is 18. The van der Waals surface area contributed by atoms with Gasteiger partial charge in [-0.1, -0.05) is 135 Å². The van der Waals surface area contributed by atoms with Crippen molar-refractivity contribution in [3.8, 4) is 22.5 Å². The van der Waals surface area contributed by atoms with E-state index < -0.39 is 34.3 Å². The number of amides is 2. The Morgan fingerprint density at radius 1 is 0.547 bits per heavy atom. The van der Waals surface area contributed by atoms with Gasteiger partial charge in [0.15, 0.2) is 12.2 Å². The van der Waals surface area contributed by atoms with E-state index in [0.717, 1.165) is 74.7 Å². The van der Waals surface area contributed by atoms with Crippen molar-refractivity contribution in [3.05, 3.63) is 149 Å². The van der Waals surface area contributed by atoms with Gasteiger partial charge in [0, 0.05) is 51.7 Å². The lowest BCUT2D eigenvalue weighted by molar-refractivity contribution is -0.165. The summed E-state index contributed by atoms with van der Waals surface area (Å²) in [4.78, 5) is 56.9. The van der Waals surface area contributed by atoms with E-state index in [9.17, 15) is 27.6 Å². The fourth-order valence-electron chi connectivity index (χ4n) is 7.73. The van der Waals surface area contributed by atoms with Gasteiger partial charge in [-0.3, -0.25) is 14.1 Å². The molecule has 0 saturated carbocycles. The molecule has 17 nitrogen and oxygen atoms in total. The average molecular weight is 1050 g/mol. The number of aliphatic hydroxyl groups excluding tert-OH is 2. The fourth-order valence-corrected chi connectivity index (χ4v) is 8.48. The third kappa shape index (κ3) is 18.0. The number of imidazole rings is 2. The van der Waals surface area contributed by atoms with E-state index in [1.807, 2.05) is 65.4 Å². The lowest BCUT2D eigenvalue weighted by Crippen LogP contribution is -2.39. The van der Waals surface area contributed by atoms with Gasteiger partial charge < -0.3 is 39.0 Å². The third-order valence-corrected chi connectivity index (χ3v) is 13.1. The molecule has 4 heterocycles. The Morgan fingerprint density at radius 2 is 0.920 bits per heavy atom. The molecule has 2 unspecified atom stereocenters. The number of carbonyl (C=O) groups is 4. The molecule has 7 rings (SSSR count). The minimum atomic E-state index is -4.09. The first-order chi connectivity index (χ1) is 35.4. The Balaban J connectivity index is 0.000000225. The molecule has 5 N–H and O–H groups in total. The number of carboxylic acids is 2. The molecule has 18 heteroatoms. The van der Waals surface area contributed by atoms with Crippen LogP contribution in [0.2, 0.25) is 0 Å². The Bertz CT molecular complexity index is 2960. The molecule has 0 aliphatic carbocycles. The first-order valence-electron chi connectivity index (χ1n) is 24.8. The van der Waals surface area contributed by atoms with E-state index in [1.165, 1.54) is 49.3 Å². The number of fused-ring (bicyclic) bond motifs is 2. The van der Waals surface area contributed by atoms with Crippen molar-refractivity contribution in [2.45, 2.75) is 116 Å². The fraction of sp³-hybridized carbons (Fsp3) is 0.368. The van der Waals surface area contributed by atoms with Gasteiger partial charge in [-0.2, -0.15) is 8.42 Å². The van der Waals surface area contributed by atoms with E-state index in [4.69, 9.17) is 34.9 Å². The minimum Gasteiger partial charge on any atom is -0.479 e.